The molecule has 0 saturated carbocycles. The highest BCUT2D eigenvalue weighted by Crippen LogP contribution is 2.11. The van der Waals surface area contributed by atoms with E-state index < -0.39 is 0 Å². The highest BCUT2D eigenvalue weighted by molar-refractivity contribution is 8.21. The van der Waals surface area contributed by atoms with E-state index >= 15 is 0 Å². The summed E-state index contributed by atoms with van der Waals surface area (Å²) < 4.78 is 0.00820. The second kappa shape index (κ2) is 6.29. The molecule has 66 valence electrons. The van der Waals surface area contributed by atoms with E-state index in [1.165, 1.54) is 17.3 Å². The Kier molecular flexibility index (Phi) is 6.16. The predicted molar refractivity (Wildman–Crippen MR) is 60.2 cm³/mol. The van der Waals surface area contributed by atoms with Gasteiger partial charge in [0.2, 0.25) is 4.38 Å². The monoisotopic (exact) mass is 220 g/mol. The van der Waals surface area contributed by atoms with Gasteiger partial charge in [0, 0.05) is 5.75 Å². The van der Waals surface area contributed by atoms with Gasteiger partial charge in [-0.05, 0) is 17.8 Å². The van der Waals surface area contributed by atoms with Crippen LogP contribution in [0.1, 0.15) is 5.56 Å². The molecule has 0 aliphatic heterocycles. The van der Waals surface area contributed by atoms with Crippen molar-refractivity contribution in [3.05, 3.63) is 35.9 Å². The van der Waals surface area contributed by atoms with Crippen molar-refractivity contribution in [2.24, 2.45) is 0 Å². The predicted octanol–water partition coefficient (Wildman–Crippen LogP) is 3.18. The van der Waals surface area contributed by atoms with Gasteiger partial charge in [-0.25, -0.2) is 0 Å². The summed E-state index contributed by atoms with van der Waals surface area (Å²) in [6, 6.07) is 9.91. The molecule has 0 bridgehead atoms. The van der Waals surface area contributed by atoms with E-state index in [1.807, 2.05) is 30.3 Å². The molecule has 1 nitrogen and oxygen atoms in total. The van der Waals surface area contributed by atoms with Gasteiger partial charge in [0.25, 0.3) is 0 Å². The topological polar surface area (TPSA) is 20.2 Å². The first-order valence-corrected chi connectivity index (χ1v) is 4.58. The summed E-state index contributed by atoms with van der Waals surface area (Å²) in [6.45, 7) is 0. The Balaban J connectivity index is 0.00000121. The zero-order chi connectivity index (χ0) is 8.10. The molecule has 0 aliphatic carbocycles. The minimum absolute atomic E-state index is 0. The molecule has 12 heavy (non-hydrogen) atoms. The number of thiocarbonyl (C=S) groups is 1. The fraction of sp³-hybridized carbons (Fsp3) is 0.125. The van der Waals surface area contributed by atoms with Crippen molar-refractivity contribution in [1.82, 2.24) is 0 Å². The highest BCUT2D eigenvalue weighted by Gasteiger charge is 1.93. The van der Waals surface area contributed by atoms with Gasteiger partial charge in [0.05, 0.1) is 0 Å². The molecule has 0 aromatic heterocycles. The van der Waals surface area contributed by atoms with Gasteiger partial charge >= 0.3 is 0 Å². The maximum Gasteiger partial charge on any atom is 0.217 e. The Hall–Kier alpha value is -0.250. The van der Waals surface area contributed by atoms with Crippen LogP contribution in [0, 0.1) is 0 Å². The van der Waals surface area contributed by atoms with Crippen molar-refractivity contribution in [3.63, 3.8) is 0 Å². The average Bonchev–Trinajstić information content (AvgIpc) is 2.03. The van der Waals surface area contributed by atoms with Gasteiger partial charge in [-0.15, -0.1) is 12.4 Å². The number of aliphatic hydroxyl groups excluding tert-OH is 1. The maximum atomic E-state index is 8.71. The maximum absolute atomic E-state index is 8.71. The lowest BCUT2D eigenvalue weighted by molar-refractivity contribution is 0.585. The Morgan fingerprint density at radius 1 is 1.33 bits per heavy atom. The Morgan fingerprint density at radius 3 is 2.42 bits per heavy atom. The molecule has 0 radical (unpaired) electrons. The van der Waals surface area contributed by atoms with Gasteiger partial charge < -0.3 is 5.11 Å². The SMILES string of the molecule is Cl.OC(=S)SCc1ccccc1. The van der Waals surface area contributed by atoms with Crippen molar-refractivity contribution in [1.29, 1.82) is 0 Å². The Labute approximate surface area is 87.6 Å². The van der Waals surface area contributed by atoms with Crippen LogP contribution in [-0.2, 0) is 5.75 Å². The third-order valence-electron chi connectivity index (χ3n) is 1.21. The molecule has 1 aromatic rings. The lowest BCUT2D eigenvalue weighted by Gasteiger charge is -1.96. The number of benzene rings is 1. The molecule has 1 aromatic carbocycles. The van der Waals surface area contributed by atoms with E-state index in [4.69, 9.17) is 5.11 Å². The lowest BCUT2D eigenvalue weighted by Crippen LogP contribution is -1.85. The van der Waals surface area contributed by atoms with Crippen LogP contribution in [0.2, 0.25) is 0 Å². The van der Waals surface area contributed by atoms with Gasteiger partial charge in [0.15, 0.2) is 0 Å². The molecule has 0 aliphatic rings. The minimum Gasteiger partial charge on any atom is -0.494 e. The molecular weight excluding hydrogens is 212 g/mol. The fourth-order valence-corrected chi connectivity index (χ4v) is 1.38. The van der Waals surface area contributed by atoms with Crippen molar-refractivity contribution >= 4 is 40.8 Å². The van der Waals surface area contributed by atoms with Crippen molar-refractivity contribution in [2.45, 2.75) is 5.75 Å². The summed E-state index contributed by atoms with van der Waals surface area (Å²) in [5.41, 5.74) is 1.17. The third kappa shape index (κ3) is 4.59. The van der Waals surface area contributed by atoms with Gasteiger partial charge in [0.1, 0.15) is 0 Å². The van der Waals surface area contributed by atoms with Crippen LogP contribution in [0.5, 0.6) is 0 Å². The zero-order valence-electron chi connectivity index (χ0n) is 6.27. The smallest absolute Gasteiger partial charge is 0.217 e. The molecule has 1 N–H and O–H groups in total. The van der Waals surface area contributed by atoms with Crippen LogP contribution in [0.4, 0.5) is 0 Å². The summed E-state index contributed by atoms with van der Waals surface area (Å²) in [5.74, 6) is 0.746. The van der Waals surface area contributed by atoms with Crippen LogP contribution in [0.25, 0.3) is 0 Å². The molecule has 0 fully saturated rings. The number of aliphatic hydroxyl groups is 1. The number of hydrogen-bond donors (Lipinski definition) is 1. The molecule has 0 heterocycles. The van der Waals surface area contributed by atoms with Gasteiger partial charge in [-0.2, -0.15) is 0 Å². The summed E-state index contributed by atoms with van der Waals surface area (Å²) in [4.78, 5) is 0. The van der Waals surface area contributed by atoms with Crippen LogP contribution >= 0.6 is 36.4 Å². The average molecular weight is 221 g/mol. The quantitative estimate of drug-likeness (QED) is 0.774. The Bertz CT molecular complexity index is 238. The third-order valence-corrected chi connectivity index (χ3v) is 2.28. The summed E-state index contributed by atoms with van der Waals surface area (Å²) >= 11 is 5.78. The molecule has 4 heteroatoms. The van der Waals surface area contributed by atoms with Crippen molar-refractivity contribution < 1.29 is 5.11 Å². The van der Waals surface area contributed by atoms with Crippen molar-refractivity contribution in [3.8, 4) is 0 Å². The summed E-state index contributed by atoms with van der Waals surface area (Å²) in [6.07, 6.45) is 0. The Morgan fingerprint density at radius 2 is 1.92 bits per heavy atom. The minimum atomic E-state index is 0. The van der Waals surface area contributed by atoms with Crippen LogP contribution < -0.4 is 0 Å². The molecule has 0 spiro atoms. The number of halogens is 1. The molecule has 0 saturated heterocycles. The molecule has 0 unspecified atom stereocenters. The van der Waals surface area contributed by atoms with E-state index in [9.17, 15) is 0 Å². The first kappa shape index (κ1) is 11.8. The first-order chi connectivity index (χ1) is 5.29. The first-order valence-electron chi connectivity index (χ1n) is 3.18. The zero-order valence-corrected chi connectivity index (χ0v) is 8.72. The molecular formula is C8H9ClOS2. The van der Waals surface area contributed by atoms with E-state index in [1.54, 1.807) is 0 Å². The second-order valence-corrected chi connectivity index (χ2v) is 3.65. The summed E-state index contributed by atoms with van der Waals surface area (Å²) in [7, 11) is 0. The van der Waals surface area contributed by atoms with Crippen LogP contribution in [0.15, 0.2) is 30.3 Å². The molecule has 0 atom stereocenters. The fourth-order valence-electron chi connectivity index (χ4n) is 0.719. The number of rotatable bonds is 2. The highest BCUT2D eigenvalue weighted by atomic mass is 35.5. The van der Waals surface area contributed by atoms with E-state index in [0.29, 0.717) is 0 Å². The normalized spacial score (nSPS) is 8.67. The summed E-state index contributed by atoms with van der Waals surface area (Å²) in [5, 5.41) is 8.71. The molecule has 1 rings (SSSR count). The number of thioether (sulfide) groups is 1. The van der Waals surface area contributed by atoms with Crippen LogP contribution in [-0.4, -0.2) is 9.49 Å². The largest absolute Gasteiger partial charge is 0.494 e. The standard InChI is InChI=1S/C8H8OS2.ClH/c9-8(10)11-6-7-4-2-1-3-5-7;/h1-5H,6H2,(H,9,10);1H. The van der Waals surface area contributed by atoms with Crippen LogP contribution in [0.3, 0.4) is 0 Å². The lowest BCUT2D eigenvalue weighted by atomic mass is 10.2. The number of hydrogen-bond acceptors (Lipinski definition) is 2. The van der Waals surface area contributed by atoms with Crippen molar-refractivity contribution in [2.75, 3.05) is 0 Å². The molecule has 0 amide bonds. The van der Waals surface area contributed by atoms with Gasteiger partial charge in [-0.3, -0.25) is 0 Å². The van der Waals surface area contributed by atoms with E-state index in [2.05, 4.69) is 12.2 Å². The van der Waals surface area contributed by atoms with Gasteiger partial charge in [-0.1, -0.05) is 42.1 Å². The van der Waals surface area contributed by atoms with E-state index in [-0.39, 0.29) is 16.8 Å². The second-order valence-electron chi connectivity index (χ2n) is 2.04. The van der Waals surface area contributed by atoms with E-state index in [0.717, 1.165) is 5.75 Å².